The molecule has 0 bridgehead atoms. The second-order valence-corrected chi connectivity index (χ2v) is 7.39. The minimum atomic E-state index is -0.422. The summed E-state index contributed by atoms with van der Waals surface area (Å²) >= 11 is 7.74. The molecule has 2 unspecified atom stereocenters. The third-order valence-electron chi connectivity index (χ3n) is 4.11. The number of rotatable bonds is 4. The average Bonchev–Trinajstić information content (AvgIpc) is 2.90. The Labute approximate surface area is 157 Å². The van der Waals surface area contributed by atoms with Crippen molar-refractivity contribution in [1.29, 1.82) is 0 Å². The summed E-state index contributed by atoms with van der Waals surface area (Å²) in [6, 6.07) is 6.97. The van der Waals surface area contributed by atoms with E-state index in [9.17, 15) is 9.59 Å². The molecular formula is C16H21Cl2N3O2S. The minimum absolute atomic E-state index is 0. The van der Waals surface area contributed by atoms with Crippen molar-refractivity contribution in [3.05, 3.63) is 29.3 Å². The maximum Gasteiger partial charge on any atom is 0.249 e. The topological polar surface area (TPSA) is 61.4 Å². The number of benzene rings is 1. The molecule has 3 rings (SSSR count). The zero-order valence-corrected chi connectivity index (χ0v) is 15.6. The molecule has 0 spiro atoms. The van der Waals surface area contributed by atoms with Crippen LogP contribution in [-0.4, -0.2) is 48.5 Å². The van der Waals surface area contributed by atoms with Crippen LogP contribution < -0.4 is 15.5 Å². The van der Waals surface area contributed by atoms with Crippen molar-refractivity contribution >= 4 is 53.3 Å². The van der Waals surface area contributed by atoms with E-state index < -0.39 is 6.04 Å². The summed E-state index contributed by atoms with van der Waals surface area (Å²) < 4.78 is 0. The fraction of sp³-hybridized carbons (Fsp3) is 0.500. The highest BCUT2D eigenvalue weighted by atomic mass is 35.5. The van der Waals surface area contributed by atoms with Crippen molar-refractivity contribution in [2.75, 3.05) is 29.5 Å². The normalized spacial score (nSPS) is 23.7. The molecule has 2 N–H and O–H groups in total. The van der Waals surface area contributed by atoms with Gasteiger partial charge in [-0.1, -0.05) is 11.6 Å². The third kappa shape index (κ3) is 4.79. The Morgan fingerprint density at radius 3 is 2.79 bits per heavy atom. The van der Waals surface area contributed by atoms with Crippen molar-refractivity contribution in [2.24, 2.45) is 0 Å². The summed E-state index contributed by atoms with van der Waals surface area (Å²) in [5.74, 6) is 1.94. The van der Waals surface area contributed by atoms with Gasteiger partial charge in [0.15, 0.2) is 0 Å². The molecule has 2 atom stereocenters. The lowest BCUT2D eigenvalue weighted by atomic mass is 10.2. The molecule has 0 aromatic heterocycles. The van der Waals surface area contributed by atoms with Gasteiger partial charge in [-0.15, -0.1) is 12.4 Å². The number of hydrogen-bond acceptors (Lipinski definition) is 4. The predicted octanol–water partition coefficient (Wildman–Crippen LogP) is 2.08. The summed E-state index contributed by atoms with van der Waals surface area (Å²) in [6.45, 7) is 1.55. The standard InChI is InChI=1S/C16H20ClN3O2S.ClH/c17-11-1-3-13(4-2-11)20-7-5-14(16(20)22)19-15(21)9-12-10-23-8-6-18-12;/h1-4,12,14,18H,5-10H2,(H,19,21);1H. The maximum absolute atomic E-state index is 12.5. The fourth-order valence-electron chi connectivity index (χ4n) is 2.92. The van der Waals surface area contributed by atoms with Gasteiger partial charge in [0.25, 0.3) is 0 Å². The van der Waals surface area contributed by atoms with Crippen LogP contribution in [0.1, 0.15) is 12.8 Å². The Morgan fingerprint density at radius 1 is 1.38 bits per heavy atom. The number of amides is 2. The second-order valence-electron chi connectivity index (χ2n) is 5.81. The molecule has 2 saturated heterocycles. The molecule has 0 radical (unpaired) electrons. The van der Waals surface area contributed by atoms with Crippen LogP contribution in [0.2, 0.25) is 5.02 Å². The van der Waals surface area contributed by atoms with Gasteiger partial charge >= 0.3 is 0 Å². The van der Waals surface area contributed by atoms with E-state index in [1.165, 1.54) is 0 Å². The van der Waals surface area contributed by atoms with E-state index in [1.807, 2.05) is 23.9 Å². The number of anilines is 1. The third-order valence-corrected chi connectivity index (χ3v) is 5.49. The lowest BCUT2D eigenvalue weighted by Gasteiger charge is -2.23. The van der Waals surface area contributed by atoms with Crippen LogP contribution in [0.15, 0.2) is 24.3 Å². The lowest BCUT2D eigenvalue weighted by molar-refractivity contribution is -0.126. The van der Waals surface area contributed by atoms with Crippen LogP contribution in [0.25, 0.3) is 0 Å². The molecule has 2 aliphatic rings. The van der Waals surface area contributed by atoms with Crippen LogP contribution in [0, 0.1) is 0 Å². The molecule has 2 heterocycles. The van der Waals surface area contributed by atoms with E-state index in [2.05, 4.69) is 10.6 Å². The number of hydrogen-bond donors (Lipinski definition) is 2. The molecule has 2 amide bonds. The van der Waals surface area contributed by atoms with Gasteiger partial charge in [-0.2, -0.15) is 11.8 Å². The number of nitrogens with zero attached hydrogens (tertiary/aromatic N) is 1. The Hall–Kier alpha value is -0.950. The molecule has 2 fully saturated rings. The van der Waals surface area contributed by atoms with E-state index >= 15 is 0 Å². The Morgan fingerprint density at radius 2 is 2.12 bits per heavy atom. The first-order valence-electron chi connectivity index (χ1n) is 7.81. The van der Waals surface area contributed by atoms with E-state index in [4.69, 9.17) is 11.6 Å². The van der Waals surface area contributed by atoms with Gasteiger partial charge in [0.1, 0.15) is 6.04 Å². The molecule has 2 aliphatic heterocycles. The van der Waals surface area contributed by atoms with Gasteiger partial charge in [0, 0.05) is 47.8 Å². The molecular weight excluding hydrogens is 369 g/mol. The first-order chi connectivity index (χ1) is 11.1. The summed E-state index contributed by atoms with van der Waals surface area (Å²) in [4.78, 5) is 26.3. The summed E-state index contributed by atoms with van der Waals surface area (Å²) in [5, 5.41) is 6.86. The van der Waals surface area contributed by atoms with E-state index in [1.54, 1.807) is 17.0 Å². The average molecular weight is 390 g/mol. The number of thioether (sulfide) groups is 1. The Balaban J connectivity index is 0.00000208. The first-order valence-corrected chi connectivity index (χ1v) is 9.34. The summed E-state index contributed by atoms with van der Waals surface area (Å²) in [6.07, 6.45) is 1.07. The van der Waals surface area contributed by atoms with Crippen molar-refractivity contribution in [2.45, 2.75) is 24.9 Å². The highest BCUT2D eigenvalue weighted by molar-refractivity contribution is 7.99. The van der Waals surface area contributed by atoms with Gasteiger partial charge < -0.3 is 15.5 Å². The van der Waals surface area contributed by atoms with E-state index in [-0.39, 0.29) is 30.3 Å². The van der Waals surface area contributed by atoms with Crippen molar-refractivity contribution < 1.29 is 9.59 Å². The minimum Gasteiger partial charge on any atom is -0.344 e. The van der Waals surface area contributed by atoms with Gasteiger partial charge in [-0.25, -0.2) is 0 Å². The maximum atomic E-state index is 12.5. The number of carbonyl (C=O) groups is 2. The summed E-state index contributed by atoms with van der Waals surface area (Å²) in [5.41, 5.74) is 0.821. The quantitative estimate of drug-likeness (QED) is 0.827. The summed E-state index contributed by atoms with van der Waals surface area (Å²) in [7, 11) is 0. The SMILES string of the molecule is Cl.O=C(CC1CSCCN1)NC1CCN(c2ccc(Cl)cc2)C1=O. The first kappa shape index (κ1) is 19.4. The molecule has 132 valence electrons. The highest BCUT2D eigenvalue weighted by Gasteiger charge is 2.33. The zero-order valence-electron chi connectivity index (χ0n) is 13.2. The van der Waals surface area contributed by atoms with Gasteiger partial charge in [0.2, 0.25) is 11.8 Å². The van der Waals surface area contributed by atoms with Crippen LogP contribution in [0.3, 0.4) is 0 Å². The Bertz CT molecular complexity index is 579. The molecule has 1 aromatic carbocycles. The molecule has 5 nitrogen and oxygen atoms in total. The zero-order chi connectivity index (χ0) is 16.2. The smallest absolute Gasteiger partial charge is 0.249 e. The van der Waals surface area contributed by atoms with E-state index in [0.717, 1.165) is 23.7 Å². The van der Waals surface area contributed by atoms with Crippen LogP contribution in [0.4, 0.5) is 5.69 Å². The molecule has 1 aromatic rings. The van der Waals surface area contributed by atoms with Crippen molar-refractivity contribution in [3.8, 4) is 0 Å². The van der Waals surface area contributed by atoms with Crippen molar-refractivity contribution in [3.63, 3.8) is 0 Å². The predicted molar refractivity (Wildman–Crippen MR) is 101 cm³/mol. The van der Waals surface area contributed by atoms with Gasteiger partial charge in [-0.3, -0.25) is 9.59 Å². The van der Waals surface area contributed by atoms with Crippen LogP contribution in [0.5, 0.6) is 0 Å². The number of halogens is 2. The van der Waals surface area contributed by atoms with Gasteiger partial charge in [-0.05, 0) is 30.7 Å². The highest BCUT2D eigenvalue weighted by Crippen LogP contribution is 2.23. The van der Waals surface area contributed by atoms with Gasteiger partial charge in [0.05, 0.1) is 0 Å². The lowest BCUT2D eigenvalue weighted by Crippen LogP contribution is -2.46. The Kier molecular flexibility index (Phi) is 7.22. The molecule has 0 saturated carbocycles. The second kappa shape index (κ2) is 8.94. The number of nitrogens with one attached hydrogen (secondary N) is 2. The number of carbonyl (C=O) groups excluding carboxylic acids is 2. The van der Waals surface area contributed by atoms with Crippen LogP contribution >= 0.6 is 35.8 Å². The fourth-order valence-corrected chi connectivity index (χ4v) is 3.99. The molecule has 8 heteroatoms. The van der Waals surface area contributed by atoms with Crippen LogP contribution in [-0.2, 0) is 9.59 Å². The molecule has 24 heavy (non-hydrogen) atoms. The monoisotopic (exact) mass is 389 g/mol. The molecule has 0 aliphatic carbocycles. The van der Waals surface area contributed by atoms with E-state index in [0.29, 0.717) is 24.4 Å². The largest absolute Gasteiger partial charge is 0.344 e. The van der Waals surface area contributed by atoms with Crippen molar-refractivity contribution in [1.82, 2.24) is 10.6 Å².